The summed E-state index contributed by atoms with van der Waals surface area (Å²) in [6.07, 6.45) is 2.05. The average Bonchev–Trinajstić information content (AvgIpc) is 3.09. The summed E-state index contributed by atoms with van der Waals surface area (Å²) >= 11 is 1.46. The SMILES string of the molecule is CN(CC(=O)O)C(=O)Cc1csc2nc(-c3ccccc3)cn12. The smallest absolute Gasteiger partial charge is 0.323 e. The number of carboxylic acid groups (broad SMARTS) is 1. The molecule has 7 heteroatoms. The summed E-state index contributed by atoms with van der Waals surface area (Å²) in [5.74, 6) is -1.26. The van der Waals surface area contributed by atoms with Crippen molar-refractivity contribution in [1.82, 2.24) is 14.3 Å². The van der Waals surface area contributed by atoms with Crippen LogP contribution in [0.2, 0.25) is 0 Å². The normalized spacial score (nSPS) is 10.8. The Morgan fingerprint density at radius 2 is 2.04 bits per heavy atom. The molecule has 0 atom stereocenters. The Kier molecular flexibility index (Phi) is 4.12. The number of rotatable bonds is 5. The molecule has 118 valence electrons. The molecular formula is C16H15N3O3S. The molecule has 6 nitrogen and oxygen atoms in total. The number of hydrogen-bond acceptors (Lipinski definition) is 4. The third-order valence-electron chi connectivity index (χ3n) is 3.48. The van der Waals surface area contributed by atoms with Crippen LogP contribution in [-0.4, -0.2) is 44.9 Å². The first kappa shape index (κ1) is 15.2. The molecule has 0 aliphatic rings. The van der Waals surface area contributed by atoms with Crippen molar-refractivity contribution in [2.24, 2.45) is 0 Å². The number of aromatic nitrogens is 2. The first-order valence-electron chi connectivity index (χ1n) is 7.01. The van der Waals surface area contributed by atoms with E-state index in [2.05, 4.69) is 4.98 Å². The van der Waals surface area contributed by atoms with Gasteiger partial charge in [-0.25, -0.2) is 4.98 Å². The number of aliphatic carboxylic acids is 1. The number of carbonyl (C=O) groups is 2. The highest BCUT2D eigenvalue weighted by molar-refractivity contribution is 7.15. The molecule has 0 radical (unpaired) electrons. The fourth-order valence-electron chi connectivity index (χ4n) is 2.29. The zero-order chi connectivity index (χ0) is 16.4. The molecule has 0 saturated heterocycles. The first-order valence-corrected chi connectivity index (χ1v) is 7.89. The van der Waals surface area contributed by atoms with Crippen molar-refractivity contribution in [2.45, 2.75) is 6.42 Å². The minimum atomic E-state index is -1.02. The number of thiazole rings is 1. The largest absolute Gasteiger partial charge is 0.480 e. The highest BCUT2D eigenvalue weighted by Crippen LogP contribution is 2.23. The molecule has 0 aliphatic carbocycles. The summed E-state index contributed by atoms with van der Waals surface area (Å²) < 4.78 is 1.89. The Morgan fingerprint density at radius 1 is 1.30 bits per heavy atom. The lowest BCUT2D eigenvalue weighted by molar-refractivity contribution is -0.143. The molecule has 1 aromatic carbocycles. The summed E-state index contributed by atoms with van der Waals surface area (Å²) in [6.45, 7) is -0.300. The zero-order valence-electron chi connectivity index (χ0n) is 12.5. The lowest BCUT2D eigenvalue weighted by Gasteiger charge is -2.13. The third kappa shape index (κ3) is 3.24. The van der Waals surface area contributed by atoms with Crippen molar-refractivity contribution in [2.75, 3.05) is 13.6 Å². The van der Waals surface area contributed by atoms with Crippen LogP contribution in [-0.2, 0) is 16.0 Å². The van der Waals surface area contributed by atoms with Gasteiger partial charge in [-0.3, -0.25) is 14.0 Å². The second-order valence-electron chi connectivity index (χ2n) is 5.19. The topological polar surface area (TPSA) is 74.9 Å². The Bertz CT molecular complexity index is 854. The Balaban J connectivity index is 1.84. The van der Waals surface area contributed by atoms with E-state index >= 15 is 0 Å². The number of nitrogens with zero attached hydrogens (tertiary/aromatic N) is 3. The first-order chi connectivity index (χ1) is 11.0. The van der Waals surface area contributed by atoms with Gasteiger partial charge in [0.05, 0.1) is 12.1 Å². The van der Waals surface area contributed by atoms with Crippen LogP contribution in [0.25, 0.3) is 16.2 Å². The lowest BCUT2D eigenvalue weighted by atomic mass is 10.2. The highest BCUT2D eigenvalue weighted by Gasteiger charge is 2.16. The van der Waals surface area contributed by atoms with Crippen molar-refractivity contribution in [3.8, 4) is 11.3 Å². The van der Waals surface area contributed by atoms with Crippen LogP contribution in [0.4, 0.5) is 0 Å². The zero-order valence-corrected chi connectivity index (χ0v) is 13.3. The molecule has 0 unspecified atom stereocenters. The second-order valence-corrected chi connectivity index (χ2v) is 6.03. The minimum absolute atomic E-state index is 0.147. The number of hydrogen-bond donors (Lipinski definition) is 1. The number of amides is 1. The van der Waals surface area contributed by atoms with Crippen molar-refractivity contribution in [3.05, 3.63) is 47.6 Å². The number of carbonyl (C=O) groups excluding carboxylic acids is 1. The van der Waals surface area contributed by atoms with Crippen molar-refractivity contribution in [1.29, 1.82) is 0 Å². The molecule has 0 aliphatic heterocycles. The molecule has 2 heterocycles. The van der Waals surface area contributed by atoms with Gasteiger partial charge in [0.2, 0.25) is 5.91 Å². The van der Waals surface area contributed by atoms with Crippen LogP contribution in [0.5, 0.6) is 0 Å². The molecule has 23 heavy (non-hydrogen) atoms. The van der Waals surface area contributed by atoms with Gasteiger partial charge in [0.25, 0.3) is 0 Å². The van der Waals surface area contributed by atoms with Gasteiger partial charge >= 0.3 is 5.97 Å². The van der Waals surface area contributed by atoms with E-state index in [-0.39, 0.29) is 18.9 Å². The fourth-order valence-corrected chi connectivity index (χ4v) is 3.16. The van der Waals surface area contributed by atoms with Crippen LogP contribution in [0.3, 0.4) is 0 Å². The van der Waals surface area contributed by atoms with Gasteiger partial charge in [-0.15, -0.1) is 11.3 Å². The Hall–Kier alpha value is -2.67. The maximum absolute atomic E-state index is 12.1. The van der Waals surface area contributed by atoms with Crippen molar-refractivity contribution >= 4 is 28.2 Å². The van der Waals surface area contributed by atoms with Crippen LogP contribution >= 0.6 is 11.3 Å². The highest BCUT2D eigenvalue weighted by atomic mass is 32.1. The Labute approximate surface area is 136 Å². The van der Waals surface area contributed by atoms with Gasteiger partial charge in [-0.2, -0.15) is 0 Å². The molecule has 3 rings (SSSR count). The number of carboxylic acids is 1. The molecule has 1 amide bonds. The summed E-state index contributed by atoms with van der Waals surface area (Å²) in [4.78, 5) is 29.4. The van der Waals surface area contributed by atoms with Crippen molar-refractivity contribution in [3.63, 3.8) is 0 Å². The van der Waals surface area contributed by atoms with Crippen LogP contribution in [0.1, 0.15) is 5.69 Å². The molecule has 0 fully saturated rings. The molecule has 0 bridgehead atoms. The van der Waals surface area contributed by atoms with E-state index in [4.69, 9.17) is 5.11 Å². The van der Waals surface area contributed by atoms with E-state index in [0.717, 1.165) is 21.9 Å². The van der Waals surface area contributed by atoms with E-state index in [1.165, 1.54) is 23.3 Å². The minimum Gasteiger partial charge on any atom is -0.480 e. The predicted octanol–water partition coefficient (Wildman–Crippen LogP) is 2.15. The monoisotopic (exact) mass is 329 g/mol. The van der Waals surface area contributed by atoms with E-state index in [1.807, 2.05) is 46.3 Å². The third-order valence-corrected chi connectivity index (χ3v) is 4.37. The van der Waals surface area contributed by atoms with E-state index in [0.29, 0.717) is 0 Å². The number of imidazole rings is 1. The van der Waals surface area contributed by atoms with E-state index in [9.17, 15) is 9.59 Å². The number of likely N-dealkylation sites (N-methyl/N-ethyl adjacent to an activating group) is 1. The van der Waals surface area contributed by atoms with Crippen molar-refractivity contribution < 1.29 is 14.7 Å². The maximum Gasteiger partial charge on any atom is 0.323 e. The van der Waals surface area contributed by atoms with Gasteiger partial charge in [0.15, 0.2) is 4.96 Å². The van der Waals surface area contributed by atoms with E-state index in [1.54, 1.807) is 0 Å². The molecular weight excluding hydrogens is 314 g/mol. The molecule has 2 aromatic heterocycles. The fraction of sp³-hybridized carbons (Fsp3) is 0.188. The molecule has 3 aromatic rings. The van der Waals surface area contributed by atoms with Gasteiger partial charge < -0.3 is 10.0 Å². The van der Waals surface area contributed by atoms with Crippen LogP contribution < -0.4 is 0 Å². The lowest BCUT2D eigenvalue weighted by Crippen LogP contribution is -2.33. The number of fused-ring (bicyclic) bond motifs is 1. The number of benzene rings is 1. The molecule has 1 N–H and O–H groups in total. The van der Waals surface area contributed by atoms with E-state index < -0.39 is 5.97 Å². The summed E-state index contributed by atoms with van der Waals surface area (Å²) in [5.41, 5.74) is 2.68. The van der Waals surface area contributed by atoms with Gasteiger partial charge in [0.1, 0.15) is 6.54 Å². The summed E-state index contributed by atoms with van der Waals surface area (Å²) in [6, 6.07) is 9.82. The Morgan fingerprint density at radius 3 is 2.74 bits per heavy atom. The second kappa shape index (κ2) is 6.21. The summed E-state index contributed by atoms with van der Waals surface area (Å²) in [7, 11) is 1.49. The molecule has 0 saturated carbocycles. The average molecular weight is 329 g/mol. The van der Waals surface area contributed by atoms with Crippen LogP contribution in [0.15, 0.2) is 41.9 Å². The van der Waals surface area contributed by atoms with Gasteiger partial charge in [-0.1, -0.05) is 30.3 Å². The predicted molar refractivity (Wildman–Crippen MR) is 87.5 cm³/mol. The quantitative estimate of drug-likeness (QED) is 0.778. The molecule has 0 spiro atoms. The maximum atomic E-state index is 12.1. The van der Waals surface area contributed by atoms with Crippen LogP contribution in [0, 0.1) is 0 Å². The standard InChI is InChI=1S/C16H15N3O3S/c1-18(9-15(21)22)14(20)7-12-10-23-16-17-13(8-19(12)16)11-5-3-2-4-6-11/h2-6,8,10H,7,9H2,1H3,(H,21,22). The summed E-state index contributed by atoms with van der Waals surface area (Å²) in [5, 5.41) is 10.6. The van der Waals surface area contributed by atoms with Gasteiger partial charge in [0, 0.05) is 29.9 Å². The van der Waals surface area contributed by atoms with Gasteiger partial charge in [-0.05, 0) is 0 Å².